The summed E-state index contributed by atoms with van der Waals surface area (Å²) in [4.78, 5) is 49.0. The first kappa shape index (κ1) is 27.4. The van der Waals surface area contributed by atoms with E-state index >= 15 is 0 Å². The molecule has 32 heavy (non-hydrogen) atoms. The van der Waals surface area contributed by atoms with Crippen LogP contribution in [0.15, 0.2) is 30.3 Å². The first-order valence-corrected chi connectivity index (χ1v) is 11.1. The highest BCUT2D eigenvalue weighted by Gasteiger charge is 2.29. The minimum atomic E-state index is -1.18. The second-order valence-corrected chi connectivity index (χ2v) is 7.83. The lowest BCUT2D eigenvalue weighted by Crippen LogP contribution is -2.58. The fraction of sp³-hybridized carbons (Fsp3) is 0.524. The third-order valence-corrected chi connectivity index (χ3v) is 5.07. The number of thiol groups is 1. The number of benzene rings is 1. The van der Waals surface area contributed by atoms with Crippen molar-refractivity contribution in [2.45, 2.75) is 56.8 Å². The maximum atomic E-state index is 12.9. The number of amides is 3. The Labute approximate surface area is 193 Å². The van der Waals surface area contributed by atoms with Gasteiger partial charge in [0.1, 0.15) is 18.1 Å². The van der Waals surface area contributed by atoms with Gasteiger partial charge in [-0.2, -0.15) is 12.6 Å². The Hall–Kier alpha value is -2.63. The SMILES string of the molecule is CC(N)C(=O)NC(Cc1ccccc1)C(=O)NC(CS)C(=O)NC(CCCCN)C(=O)O. The molecule has 0 aliphatic rings. The summed E-state index contributed by atoms with van der Waals surface area (Å²) in [5, 5.41) is 16.9. The summed E-state index contributed by atoms with van der Waals surface area (Å²) >= 11 is 4.11. The zero-order valence-corrected chi connectivity index (χ0v) is 19.0. The van der Waals surface area contributed by atoms with Gasteiger partial charge in [-0.25, -0.2) is 4.79 Å². The fourth-order valence-electron chi connectivity index (χ4n) is 2.85. The summed E-state index contributed by atoms with van der Waals surface area (Å²) in [5.74, 6) is -3.03. The van der Waals surface area contributed by atoms with Gasteiger partial charge in [-0.1, -0.05) is 30.3 Å². The predicted octanol–water partition coefficient (Wildman–Crippen LogP) is -0.826. The molecule has 8 N–H and O–H groups in total. The molecule has 0 aliphatic heterocycles. The van der Waals surface area contributed by atoms with Crippen LogP contribution in [0.2, 0.25) is 0 Å². The molecule has 1 rings (SSSR count). The first-order chi connectivity index (χ1) is 15.2. The summed E-state index contributed by atoms with van der Waals surface area (Å²) in [6.45, 7) is 1.92. The normalized spacial score (nSPS) is 14.5. The molecule has 0 aromatic heterocycles. The van der Waals surface area contributed by atoms with Crippen molar-refractivity contribution in [3.63, 3.8) is 0 Å². The standard InChI is InChI=1S/C21H33N5O5S/c1-13(23)18(27)25-16(11-14-7-3-2-4-8-14)19(28)26-17(12-32)20(29)24-15(21(30)31)9-5-6-10-22/h2-4,7-8,13,15-17,32H,5-6,9-12,22-23H2,1H3,(H,24,29)(H,25,27)(H,26,28)(H,30,31). The molecule has 0 spiro atoms. The van der Waals surface area contributed by atoms with Crippen LogP contribution in [-0.4, -0.2) is 65.3 Å². The summed E-state index contributed by atoms with van der Waals surface area (Å²) in [6.07, 6.45) is 1.57. The minimum absolute atomic E-state index is 0.0635. The third kappa shape index (κ3) is 9.67. The molecule has 4 unspecified atom stereocenters. The maximum Gasteiger partial charge on any atom is 0.326 e. The zero-order valence-electron chi connectivity index (χ0n) is 18.1. The van der Waals surface area contributed by atoms with Crippen LogP contribution < -0.4 is 27.4 Å². The van der Waals surface area contributed by atoms with E-state index in [-0.39, 0.29) is 18.6 Å². The summed E-state index contributed by atoms with van der Waals surface area (Å²) in [7, 11) is 0. The van der Waals surface area contributed by atoms with E-state index in [1.54, 1.807) is 24.3 Å². The second kappa shape index (κ2) is 14.4. The van der Waals surface area contributed by atoms with Crippen LogP contribution in [0.25, 0.3) is 0 Å². The molecule has 0 heterocycles. The van der Waals surface area contributed by atoms with Crippen LogP contribution in [0.1, 0.15) is 31.7 Å². The van der Waals surface area contributed by atoms with Crippen molar-refractivity contribution < 1.29 is 24.3 Å². The molecule has 4 atom stereocenters. The quantitative estimate of drug-likeness (QED) is 0.138. The zero-order chi connectivity index (χ0) is 24.1. The van der Waals surface area contributed by atoms with Gasteiger partial charge in [0, 0.05) is 12.2 Å². The lowest BCUT2D eigenvalue weighted by molar-refractivity contribution is -0.142. The Bertz CT molecular complexity index is 762. The molecular formula is C21H33N5O5S. The Morgan fingerprint density at radius 1 is 0.938 bits per heavy atom. The van der Waals surface area contributed by atoms with Gasteiger partial charge < -0.3 is 32.5 Å². The number of aliphatic carboxylic acids is 1. The van der Waals surface area contributed by atoms with Crippen molar-refractivity contribution in [3.05, 3.63) is 35.9 Å². The largest absolute Gasteiger partial charge is 0.480 e. The molecule has 11 heteroatoms. The van der Waals surface area contributed by atoms with Gasteiger partial charge in [0.2, 0.25) is 17.7 Å². The van der Waals surface area contributed by atoms with Gasteiger partial charge in [-0.05, 0) is 38.3 Å². The van der Waals surface area contributed by atoms with Crippen molar-refractivity contribution in [1.82, 2.24) is 16.0 Å². The number of carboxylic acid groups (broad SMARTS) is 1. The van der Waals surface area contributed by atoms with Gasteiger partial charge in [0.05, 0.1) is 6.04 Å². The first-order valence-electron chi connectivity index (χ1n) is 10.4. The van der Waals surface area contributed by atoms with Gasteiger partial charge >= 0.3 is 5.97 Å². The number of unbranched alkanes of at least 4 members (excludes halogenated alkanes) is 1. The number of carbonyl (C=O) groups is 4. The van der Waals surface area contributed by atoms with E-state index in [9.17, 15) is 24.3 Å². The van der Waals surface area contributed by atoms with Crippen molar-refractivity contribution in [1.29, 1.82) is 0 Å². The van der Waals surface area contributed by atoms with Crippen LogP contribution in [0.3, 0.4) is 0 Å². The number of rotatable bonds is 14. The highest BCUT2D eigenvalue weighted by molar-refractivity contribution is 7.80. The van der Waals surface area contributed by atoms with Crippen LogP contribution in [0.5, 0.6) is 0 Å². The minimum Gasteiger partial charge on any atom is -0.480 e. The van der Waals surface area contributed by atoms with E-state index in [4.69, 9.17) is 11.5 Å². The predicted molar refractivity (Wildman–Crippen MR) is 124 cm³/mol. The van der Waals surface area contributed by atoms with E-state index in [2.05, 4.69) is 28.6 Å². The van der Waals surface area contributed by atoms with Crippen LogP contribution >= 0.6 is 12.6 Å². The van der Waals surface area contributed by atoms with Crippen molar-refractivity contribution in [3.8, 4) is 0 Å². The third-order valence-electron chi connectivity index (χ3n) is 4.71. The average molecular weight is 468 g/mol. The fourth-order valence-corrected chi connectivity index (χ4v) is 3.11. The number of hydrogen-bond acceptors (Lipinski definition) is 7. The van der Waals surface area contributed by atoms with Gasteiger partial charge in [-0.15, -0.1) is 0 Å². The molecule has 0 radical (unpaired) electrons. The van der Waals surface area contributed by atoms with Crippen molar-refractivity contribution >= 4 is 36.3 Å². The molecule has 178 valence electrons. The monoisotopic (exact) mass is 467 g/mol. The molecule has 3 amide bonds. The Morgan fingerprint density at radius 3 is 2.03 bits per heavy atom. The molecule has 1 aromatic carbocycles. The Kier molecular flexibility index (Phi) is 12.4. The van der Waals surface area contributed by atoms with Crippen LogP contribution in [0, 0.1) is 0 Å². The second-order valence-electron chi connectivity index (χ2n) is 7.47. The van der Waals surface area contributed by atoms with Gasteiger partial charge in [-0.3, -0.25) is 14.4 Å². The molecular weight excluding hydrogens is 434 g/mol. The summed E-state index contributed by atoms with van der Waals surface area (Å²) in [6, 6.07) is 5.04. The molecule has 0 saturated carbocycles. The van der Waals surface area contributed by atoms with E-state index in [0.717, 1.165) is 5.56 Å². The molecule has 0 bridgehead atoms. The molecule has 0 aliphatic carbocycles. The number of carboxylic acids is 1. The molecule has 10 nitrogen and oxygen atoms in total. The maximum absolute atomic E-state index is 12.9. The molecule has 0 fully saturated rings. The number of carbonyl (C=O) groups excluding carboxylic acids is 3. The van der Waals surface area contributed by atoms with E-state index in [0.29, 0.717) is 19.4 Å². The smallest absolute Gasteiger partial charge is 0.326 e. The number of nitrogens with two attached hydrogens (primary N) is 2. The number of nitrogens with one attached hydrogen (secondary N) is 3. The molecule has 1 aromatic rings. The Balaban J connectivity index is 2.87. The van der Waals surface area contributed by atoms with Gasteiger partial charge in [0.15, 0.2) is 0 Å². The summed E-state index contributed by atoms with van der Waals surface area (Å²) < 4.78 is 0. The topological polar surface area (TPSA) is 177 Å². The van der Waals surface area contributed by atoms with E-state index in [1.807, 2.05) is 6.07 Å². The van der Waals surface area contributed by atoms with E-state index < -0.39 is 47.9 Å². The van der Waals surface area contributed by atoms with E-state index in [1.165, 1.54) is 6.92 Å². The van der Waals surface area contributed by atoms with Crippen LogP contribution in [-0.2, 0) is 25.6 Å². The van der Waals surface area contributed by atoms with Crippen LogP contribution in [0.4, 0.5) is 0 Å². The van der Waals surface area contributed by atoms with Gasteiger partial charge in [0.25, 0.3) is 0 Å². The molecule has 0 saturated heterocycles. The highest BCUT2D eigenvalue weighted by Crippen LogP contribution is 2.06. The lowest BCUT2D eigenvalue weighted by Gasteiger charge is -2.24. The summed E-state index contributed by atoms with van der Waals surface area (Å²) in [5.41, 5.74) is 11.8. The highest BCUT2D eigenvalue weighted by atomic mass is 32.1. The lowest BCUT2D eigenvalue weighted by atomic mass is 10.0. The average Bonchev–Trinajstić information content (AvgIpc) is 2.76. The van der Waals surface area contributed by atoms with Crippen molar-refractivity contribution in [2.24, 2.45) is 11.5 Å². The Morgan fingerprint density at radius 2 is 1.50 bits per heavy atom. The van der Waals surface area contributed by atoms with Crippen molar-refractivity contribution in [2.75, 3.05) is 12.3 Å². The number of hydrogen-bond donors (Lipinski definition) is 7.